The summed E-state index contributed by atoms with van der Waals surface area (Å²) >= 11 is 0. The second-order valence-electron chi connectivity index (χ2n) is 13.6. The molecule has 8 aromatic carbocycles. The molecule has 0 bridgehead atoms. The number of benzene rings is 7. The van der Waals surface area contributed by atoms with Crippen molar-refractivity contribution >= 4 is 0 Å². The number of nitrogens with zero attached hydrogens (tertiary/aromatic N) is 1. The second-order valence-corrected chi connectivity index (χ2v) is 13.6. The van der Waals surface area contributed by atoms with Crippen LogP contribution >= 0.6 is 0 Å². The fourth-order valence-electron chi connectivity index (χ4n) is 7.29. The molecule has 0 aliphatic heterocycles. The molecule has 54 heavy (non-hydrogen) atoms. The van der Waals surface area contributed by atoms with Crippen molar-refractivity contribution in [2.75, 3.05) is 20.6 Å². The van der Waals surface area contributed by atoms with Crippen molar-refractivity contribution in [2.45, 2.75) is 12.8 Å². The molecule has 8 rings (SSSR count). The van der Waals surface area contributed by atoms with Gasteiger partial charge in [0.25, 0.3) is 0 Å². The summed E-state index contributed by atoms with van der Waals surface area (Å²) in [6, 6.07) is 73.9. The topological polar surface area (TPSA) is 3.24 Å². The third kappa shape index (κ3) is 8.94. The van der Waals surface area contributed by atoms with E-state index in [2.05, 4.69) is 225 Å². The summed E-state index contributed by atoms with van der Waals surface area (Å²) in [5, 5.41) is 0. The molecule has 0 unspecified atom stereocenters. The third-order valence-electron chi connectivity index (χ3n) is 9.68. The molecule has 2 heteroatoms. The molecule has 1 nitrogen and oxygen atoms in total. The van der Waals surface area contributed by atoms with Gasteiger partial charge in [-0.05, 0) is 93.8 Å². The van der Waals surface area contributed by atoms with Crippen LogP contribution in [0.1, 0.15) is 12.0 Å². The van der Waals surface area contributed by atoms with Gasteiger partial charge in [0.2, 0.25) is 0 Å². The van der Waals surface area contributed by atoms with Crippen LogP contribution in [0, 0.1) is 0 Å². The Morgan fingerprint density at radius 1 is 0.333 bits per heavy atom. The number of hydrogen-bond acceptors (Lipinski definition) is 1. The first-order chi connectivity index (χ1) is 26.2. The van der Waals surface area contributed by atoms with Crippen molar-refractivity contribution in [1.29, 1.82) is 0 Å². The summed E-state index contributed by atoms with van der Waals surface area (Å²) in [6.45, 7) is 1.19. The molecular weight excluding hydrogens is 691 g/mol. The number of hydrogen-bond donors (Lipinski definition) is 0. The maximum atomic E-state index is 2.25. The molecule has 0 radical (unpaired) electrons. The Bertz CT molecular complexity index is 1890. The zero-order chi connectivity index (χ0) is 36.2. The monoisotopic (exact) mass is 736 g/mol. The van der Waals surface area contributed by atoms with E-state index in [1.807, 2.05) is 0 Å². The van der Waals surface area contributed by atoms with Crippen LogP contribution in [0.5, 0.6) is 0 Å². The Hall–Kier alpha value is -5.62. The summed E-state index contributed by atoms with van der Waals surface area (Å²) in [4.78, 5) is 2.23. The van der Waals surface area contributed by atoms with Crippen LogP contribution in [0.4, 0.5) is 0 Å². The Morgan fingerprint density at radius 3 is 0.759 bits per heavy atom. The van der Waals surface area contributed by atoms with Gasteiger partial charge >= 0.3 is 0 Å². The third-order valence-corrected chi connectivity index (χ3v) is 9.68. The van der Waals surface area contributed by atoms with Crippen LogP contribution < -0.4 is 0 Å². The molecule has 0 saturated carbocycles. The average Bonchev–Trinajstić information content (AvgIpc) is 3.75. The molecule has 0 aliphatic carbocycles. The fourth-order valence-corrected chi connectivity index (χ4v) is 7.29. The zero-order valence-corrected chi connectivity index (χ0v) is 32.4. The Kier molecular flexibility index (Phi) is 13.4. The standard InChI is InChI=1S/C42H30.C10H16N.Cr/c1-7-19-31(20-8-1)37-38(32-21-9-2-10-22-32)40(34-25-13-4-14-26-34)42(36-29-17-6-18-30-36)41(35-27-15-5-16-28-35)39(37)33-23-11-3-12-24-33;1-11(2)9-5-8-10-6-3-4-7-10;/h1-30H;3-4,6-7H,5,8-9H2,1-2H3;/q;-1;. The molecule has 0 fully saturated rings. The molecular formula is C52H46CrN-. The van der Waals surface area contributed by atoms with Crippen molar-refractivity contribution in [3.05, 3.63) is 212 Å². The van der Waals surface area contributed by atoms with Gasteiger partial charge in [-0.25, -0.2) is 12.1 Å². The van der Waals surface area contributed by atoms with Crippen molar-refractivity contribution in [2.24, 2.45) is 0 Å². The van der Waals surface area contributed by atoms with Gasteiger partial charge in [-0.2, -0.15) is 17.7 Å². The van der Waals surface area contributed by atoms with Gasteiger partial charge < -0.3 is 4.90 Å². The zero-order valence-electron chi connectivity index (χ0n) is 31.1. The van der Waals surface area contributed by atoms with Crippen molar-refractivity contribution < 1.29 is 17.4 Å². The Morgan fingerprint density at radius 2 is 0.556 bits per heavy atom. The van der Waals surface area contributed by atoms with Gasteiger partial charge in [0.1, 0.15) is 0 Å². The molecule has 0 aromatic heterocycles. The quantitative estimate of drug-likeness (QED) is 0.126. The van der Waals surface area contributed by atoms with Gasteiger partial charge in [-0.1, -0.05) is 188 Å². The molecule has 0 atom stereocenters. The SMILES string of the molecule is CN(C)CCC[c-]1cccc1.[Cr].c1ccc(-c2c(-c3ccccc3)c(-c3ccccc3)c(-c3ccccc3)c(-c3ccccc3)c2-c2ccccc2)cc1. The summed E-state index contributed by atoms with van der Waals surface area (Å²) in [7, 11) is 4.23. The van der Waals surface area contributed by atoms with Crippen molar-refractivity contribution in [3.63, 3.8) is 0 Å². The first-order valence-electron chi connectivity index (χ1n) is 18.6. The van der Waals surface area contributed by atoms with Crippen LogP contribution in [0.2, 0.25) is 0 Å². The van der Waals surface area contributed by atoms with Crippen LogP contribution in [-0.4, -0.2) is 25.5 Å². The van der Waals surface area contributed by atoms with Crippen LogP contribution in [0.15, 0.2) is 206 Å². The Labute approximate surface area is 332 Å². The van der Waals surface area contributed by atoms with E-state index in [0.717, 1.165) is 0 Å². The summed E-state index contributed by atoms with van der Waals surface area (Å²) in [5.41, 5.74) is 16.1. The first-order valence-corrected chi connectivity index (χ1v) is 18.6. The van der Waals surface area contributed by atoms with E-state index in [1.54, 1.807) is 0 Å². The van der Waals surface area contributed by atoms with Gasteiger partial charge in [-0.15, -0.1) is 0 Å². The number of aryl methyl sites for hydroxylation is 1. The Balaban J connectivity index is 0.000000359. The van der Waals surface area contributed by atoms with E-state index in [1.165, 1.54) is 91.7 Å². The van der Waals surface area contributed by atoms with Crippen LogP contribution in [-0.2, 0) is 23.8 Å². The van der Waals surface area contributed by atoms with E-state index >= 15 is 0 Å². The van der Waals surface area contributed by atoms with Gasteiger partial charge in [-0.3, -0.25) is 0 Å². The fraction of sp³-hybridized carbons (Fsp3) is 0.0962. The van der Waals surface area contributed by atoms with Gasteiger partial charge in [0.15, 0.2) is 0 Å². The van der Waals surface area contributed by atoms with Gasteiger partial charge in [0, 0.05) is 17.4 Å². The number of rotatable bonds is 10. The van der Waals surface area contributed by atoms with Crippen LogP contribution in [0.3, 0.4) is 0 Å². The van der Waals surface area contributed by atoms with Crippen molar-refractivity contribution in [1.82, 2.24) is 4.90 Å². The molecule has 0 aliphatic rings. The smallest absolute Gasteiger partial charge is 0 e. The molecule has 266 valence electrons. The largest absolute Gasteiger partial charge is 0.309 e. The van der Waals surface area contributed by atoms with E-state index in [4.69, 9.17) is 0 Å². The molecule has 0 amide bonds. The molecule has 0 heterocycles. The minimum atomic E-state index is 0. The molecule has 0 N–H and O–H groups in total. The molecule has 0 spiro atoms. The van der Waals surface area contributed by atoms with E-state index in [-0.39, 0.29) is 17.4 Å². The maximum absolute atomic E-state index is 2.25. The van der Waals surface area contributed by atoms with E-state index in [0.29, 0.717) is 0 Å². The summed E-state index contributed by atoms with van der Waals surface area (Å²) < 4.78 is 0. The summed E-state index contributed by atoms with van der Waals surface area (Å²) in [6.07, 6.45) is 2.47. The first kappa shape index (κ1) is 38.1. The van der Waals surface area contributed by atoms with E-state index < -0.39 is 0 Å². The maximum Gasteiger partial charge on any atom is 0 e. The average molecular weight is 737 g/mol. The predicted octanol–water partition coefficient (Wildman–Crippen LogP) is 13.6. The van der Waals surface area contributed by atoms with E-state index in [9.17, 15) is 0 Å². The minimum Gasteiger partial charge on any atom is -0.309 e. The van der Waals surface area contributed by atoms with Crippen molar-refractivity contribution in [3.8, 4) is 66.8 Å². The second kappa shape index (κ2) is 18.9. The van der Waals surface area contributed by atoms with Gasteiger partial charge in [0.05, 0.1) is 0 Å². The summed E-state index contributed by atoms with van der Waals surface area (Å²) in [5.74, 6) is 0. The molecule has 8 aromatic rings. The normalized spacial score (nSPS) is 10.6. The predicted molar refractivity (Wildman–Crippen MR) is 228 cm³/mol. The molecule has 0 saturated heterocycles. The van der Waals surface area contributed by atoms with Crippen LogP contribution in [0.25, 0.3) is 66.8 Å². The minimum absolute atomic E-state index is 0.